The maximum Gasteiger partial charge on any atom is 0.259 e. The summed E-state index contributed by atoms with van der Waals surface area (Å²) in [5, 5.41) is 13.2. The van der Waals surface area contributed by atoms with Gasteiger partial charge < -0.3 is 4.74 Å². The van der Waals surface area contributed by atoms with Crippen molar-refractivity contribution in [3.8, 4) is 17.6 Å². The van der Waals surface area contributed by atoms with Crippen molar-refractivity contribution in [2.75, 3.05) is 0 Å². The quantitative estimate of drug-likeness (QED) is 0.581. The molecule has 0 fully saturated rings. The van der Waals surface area contributed by atoms with Crippen LogP contribution in [0.5, 0.6) is 5.88 Å². The molecule has 2 aromatic rings. The first-order valence-corrected chi connectivity index (χ1v) is 7.32. The maximum atomic E-state index is 13.5. The van der Waals surface area contributed by atoms with Gasteiger partial charge in [-0.3, -0.25) is 0 Å². The molecule has 0 aliphatic heterocycles. The van der Waals surface area contributed by atoms with Gasteiger partial charge in [-0.1, -0.05) is 6.08 Å². The summed E-state index contributed by atoms with van der Waals surface area (Å²) in [5.41, 5.74) is 2.24. The molecule has 0 saturated heterocycles. The number of nitrogens with zero attached hydrogens (tertiary/aromatic N) is 3. The molecule has 0 spiro atoms. The molecule has 0 bridgehead atoms. The average molecular weight is 397 g/mol. The number of alkyl halides is 1. The maximum absolute atomic E-state index is 13.5. The number of halogens is 2. The summed E-state index contributed by atoms with van der Waals surface area (Å²) in [5.74, 6) is 0.223. The zero-order valence-electron chi connectivity index (χ0n) is 11.5. The fourth-order valence-electron chi connectivity index (χ4n) is 1.81. The lowest BCUT2D eigenvalue weighted by molar-refractivity contribution is 0.106. The first kappa shape index (κ1) is 15.5. The number of ether oxygens (including phenoxy) is 1. The molecule has 21 heavy (non-hydrogen) atoms. The van der Waals surface area contributed by atoms with E-state index in [0.717, 1.165) is 11.3 Å². The lowest BCUT2D eigenvalue weighted by atomic mass is 10.1. The van der Waals surface area contributed by atoms with Crippen molar-refractivity contribution in [1.29, 1.82) is 5.26 Å². The Kier molecular flexibility index (Phi) is 4.96. The lowest BCUT2D eigenvalue weighted by Gasteiger charge is -2.05. The first-order valence-electron chi connectivity index (χ1n) is 6.24. The third kappa shape index (κ3) is 3.82. The molecule has 1 heterocycles. The Balaban J connectivity index is 2.34. The second kappa shape index (κ2) is 6.72. The van der Waals surface area contributed by atoms with E-state index in [0.29, 0.717) is 9.13 Å². The van der Waals surface area contributed by atoms with Gasteiger partial charge in [0.15, 0.2) is 0 Å². The number of aryl methyl sites for hydroxylation is 1. The molecule has 1 aromatic carbocycles. The van der Waals surface area contributed by atoms with Gasteiger partial charge in [0.2, 0.25) is 5.88 Å². The molecule has 1 aromatic heterocycles. The van der Waals surface area contributed by atoms with E-state index in [1.165, 1.54) is 6.08 Å². The molecule has 4 nitrogen and oxygen atoms in total. The molecule has 6 heteroatoms. The van der Waals surface area contributed by atoms with Crippen molar-refractivity contribution in [3.05, 3.63) is 51.2 Å². The summed E-state index contributed by atoms with van der Waals surface area (Å²) in [6.45, 7) is 3.62. The molecular formula is C15H13FIN3O. The van der Waals surface area contributed by atoms with Gasteiger partial charge in [0, 0.05) is 6.20 Å². The summed E-state index contributed by atoms with van der Waals surface area (Å²) in [6.07, 6.45) is 3.08. The molecule has 2 rings (SSSR count). The normalized spacial score (nSPS) is 12.3. The van der Waals surface area contributed by atoms with E-state index in [2.05, 4.69) is 11.2 Å². The highest BCUT2D eigenvalue weighted by molar-refractivity contribution is 14.1. The van der Waals surface area contributed by atoms with E-state index in [-0.39, 0.29) is 5.88 Å². The highest BCUT2D eigenvalue weighted by Gasteiger charge is 2.13. The van der Waals surface area contributed by atoms with Crippen molar-refractivity contribution < 1.29 is 9.13 Å². The molecule has 1 unspecified atom stereocenters. The zero-order chi connectivity index (χ0) is 15.4. The van der Waals surface area contributed by atoms with Gasteiger partial charge in [-0.05, 0) is 66.3 Å². The molecule has 0 N–H and O–H groups in total. The van der Waals surface area contributed by atoms with E-state index < -0.39 is 6.36 Å². The fraction of sp³-hybridized carbons (Fsp3) is 0.200. The van der Waals surface area contributed by atoms with Crippen LogP contribution >= 0.6 is 22.6 Å². The van der Waals surface area contributed by atoms with Gasteiger partial charge in [0.25, 0.3) is 6.36 Å². The molecule has 0 aliphatic rings. The van der Waals surface area contributed by atoms with Gasteiger partial charge in [-0.2, -0.15) is 9.65 Å². The van der Waals surface area contributed by atoms with Gasteiger partial charge >= 0.3 is 0 Å². The largest absolute Gasteiger partial charge is 0.438 e. The van der Waals surface area contributed by atoms with Crippen LogP contribution in [0.25, 0.3) is 5.69 Å². The summed E-state index contributed by atoms with van der Waals surface area (Å²) < 4.78 is 20.8. The van der Waals surface area contributed by atoms with Crippen molar-refractivity contribution >= 4 is 22.6 Å². The Morgan fingerprint density at radius 1 is 1.48 bits per heavy atom. The van der Waals surface area contributed by atoms with Gasteiger partial charge in [0.05, 0.1) is 20.9 Å². The topological polar surface area (TPSA) is 50.8 Å². The summed E-state index contributed by atoms with van der Waals surface area (Å²) in [6, 6.07) is 7.51. The van der Waals surface area contributed by atoms with Crippen LogP contribution in [0.1, 0.15) is 18.1 Å². The SMILES string of the molecule is C/C=C/C(F)Oc1nn(-c2cc(C)cc(C#N)c2)cc1I. The van der Waals surface area contributed by atoms with E-state index >= 15 is 0 Å². The zero-order valence-corrected chi connectivity index (χ0v) is 13.7. The van der Waals surface area contributed by atoms with Gasteiger partial charge in [-0.25, -0.2) is 4.68 Å². The molecule has 0 saturated carbocycles. The van der Waals surface area contributed by atoms with E-state index in [1.54, 1.807) is 36.0 Å². The number of hydrogen-bond acceptors (Lipinski definition) is 3. The summed E-state index contributed by atoms with van der Waals surface area (Å²) in [4.78, 5) is 0. The van der Waals surface area contributed by atoms with Crippen molar-refractivity contribution in [1.82, 2.24) is 9.78 Å². The minimum absolute atomic E-state index is 0.223. The number of rotatable bonds is 4. The van der Waals surface area contributed by atoms with E-state index in [9.17, 15) is 4.39 Å². The van der Waals surface area contributed by atoms with Crippen LogP contribution in [0.4, 0.5) is 4.39 Å². The van der Waals surface area contributed by atoms with Crippen molar-refractivity contribution in [2.45, 2.75) is 20.2 Å². The fourth-order valence-corrected chi connectivity index (χ4v) is 2.30. The van der Waals surface area contributed by atoms with Crippen molar-refractivity contribution in [2.24, 2.45) is 0 Å². The average Bonchev–Trinajstić information content (AvgIpc) is 2.79. The minimum atomic E-state index is -1.53. The summed E-state index contributed by atoms with van der Waals surface area (Å²) in [7, 11) is 0. The molecule has 108 valence electrons. The number of benzene rings is 1. The standard InChI is InChI=1S/C15H13FIN3O/c1-3-4-14(16)21-15-13(17)9-20(19-15)12-6-10(2)5-11(7-12)8-18/h3-7,9,14H,1-2H3/b4-3+. The molecule has 0 aliphatic carbocycles. The van der Waals surface area contributed by atoms with Crippen LogP contribution in [0.15, 0.2) is 36.5 Å². The highest BCUT2D eigenvalue weighted by Crippen LogP contribution is 2.23. The Morgan fingerprint density at radius 3 is 2.90 bits per heavy atom. The predicted octanol–water partition coefficient (Wildman–Crippen LogP) is 3.91. The smallest absolute Gasteiger partial charge is 0.259 e. The third-order valence-electron chi connectivity index (χ3n) is 2.66. The summed E-state index contributed by atoms with van der Waals surface area (Å²) >= 11 is 2.03. The highest BCUT2D eigenvalue weighted by atomic mass is 127. The molecule has 0 amide bonds. The van der Waals surface area contributed by atoms with E-state index in [4.69, 9.17) is 10.00 Å². The van der Waals surface area contributed by atoms with Crippen molar-refractivity contribution in [3.63, 3.8) is 0 Å². The van der Waals surface area contributed by atoms with Crippen LogP contribution in [-0.2, 0) is 0 Å². The van der Waals surface area contributed by atoms with E-state index in [1.807, 2.05) is 35.6 Å². The van der Waals surface area contributed by atoms with Crippen LogP contribution in [0.3, 0.4) is 0 Å². The Bertz CT molecular complexity index is 718. The number of aromatic nitrogens is 2. The van der Waals surface area contributed by atoms with Crippen LogP contribution in [0, 0.1) is 21.8 Å². The van der Waals surface area contributed by atoms with Crippen LogP contribution < -0.4 is 4.74 Å². The molecular weight excluding hydrogens is 384 g/mol. The number of nitriles is 1. The molecule has 1 atom stereocenters. The Morgan fingerprint density at radius 2 is 2.24 bits per heavy atom. The second-order valence-electron chi connectivity index (χ2n) is 4.39. The first-order chi connectivity index (χ1) is 10.0. The van der Waals surface area contributed by atoms with Gasteiger partial charge in [-0.15, -0.1) is 5.10 Å². The monoisotopic (exact) mass is 397 g/mol. The lowest BCUT2D eigenvalue weighted by Crippen LogP contribution is -2.07. The van der Waals surface area contributed by atoms with Crippen LogP contribution in [-0.4, -0.2) is 16.1 Å². The number of hydrogen-bond donors (Lipinski definition) is 0. The van der Waals surface area contributed by atoms with Gasteiger partial charge in [0.1, 0.15) is 0 Å². The minimum Gasteiger partial charge on any atom is -0.438 e. The predicted molar refractivity (Wildman–Crippen MR) is 86.1 cm³/mol. The Labute approximate surface area is 136 Å². The number of allylic oxidation sites excluding steroid dienone is 1. The second-order valence-corrected chi connectivity index (χ2v) is 5.55. The Hall–Kier alpha value is -1.88. The van der Waals surface area contributed by atoms with Crippen LogP contribution in [0.2, 0.25) is 0 Å². The third-order valence-corrected chi connectivity index (χ3v) is 3.40. The molecule has 0 radical (unpaired) electrons.